The molecule has 186 valence electrons. The topological polar surface area (TPSA) is 0 Å². The van der Waals surface area contributed by atoms with Crippen LogP contribution in [0.25, 0.3) is 0 Å². The summed E-state index contributed by atoms with van der Waals surface area (Å²) in [5.41, 5.74) is 9.16. The maximum atomic E-state index is 2.60. The fourth-order valence-electron chi connectivity index (χ4n) is 5.76. The van der Waals surface area contributed by atoms with Crippen molar-refractivity contribution in [3.8, 4) is 0 Å². The van der Waals surface area contributed by atoms with Crippen molar-refractivity contribution in [1.82, 2.24) is 0 Å². The van der Waals surface area contributed by atoms with Crippen LogP contribution in [0.5, 0.6) is 0 Å². The first-order valence-corrected chi connectivity index (χ1v) is 13.7. The second-order valence-corrected chi connectivity index (χ2v) is 13.2. The van der Waals surface area contributed by atoms with Crippen molar-refractivity contribution >= 4 is 19.2 Å². The van der Waals surface area contributed by atoms with E-state index in [1.807, 2.05) is 0 Å². The van der Waals surface area contributed by atoms with Crippen LogP contribution in [0.4, 0.5) is 0 Å². The van der Waals surface area contributed by atoms with Gasteiger partial charge in [-0.25, -0.2) is 0 Å². The summed E-state index contributed by atoms with van der Waals surface area (Å²) in [4.78, 5) is 0. The minimum absolute atomic E-state index is 0. The molecule has 0 spiro atoms. The van der Waals surface area contributed by atoms with Crippen molar-refractivity contribution in [2.24, 2.45) is 5.92 Å². The van der Waals surface area contributed by atoms with E-state index in [1.54, 1.807) is 21.5 Å². The molecule has 0 amide bonds. The summed E-state index contributed by atoms with van der Waals surface area (Å²) in [5, 5.41) is 3.65. The summed E-state index contributed by atoms with van der Waals surface area (Å²) in [6.45, 7) is 18.9. The molecule has 2 aromatic carbocycles. The van der Waals surface area contributed by atoms with Gasteiger partial charge in [-0.3, -0.25) is 0 Å². The molecule has 34 heavy (non-hydrogen) atoms. The minimum atomic E-state index is -1.53. The molecule has 0 heterocycles. The molecule has 0 saturated heterocycles. The van der Waals surface area contributed by atoms with Gasteiger partial charge in [0.2, 0.25) is 0 Å². The van der Waals surface area contributed by atoms with E-state index in [0.717, 1.165) is 12.8 Å². The van der Waals surface area contributed by atoms with Gasteiger partial charge in [-0.15, -0.1) is 0 Å². The Morgan fingerprint density at radius 2 is 1.35 bits per heavy atom. The van der Waals surface area contributed by atoms with Crippen molar-refractivity contribution in [1.29, 1.82) is 0 Å². The van der Waals surface area contributed by atoms with Gasteiger partial charge in [-0.1, -0.05) is 103 Å². The van der Waals surface area contributed by atoms with Gasteiger partial charge in [0.15, 0.2) is 0 Å². The van der Waals surface area contributed by atoms with Gasteiger partial charge >= 0.3 is 21.7 Å². The molecule has 3 rings (SSSR count). The van der Waals surface area contributed by atoms with Crippen LogP contribution in [0.15, 0.2) is 42.5 Å². The summed E-state index contributed by atoms with van der Waals surface area (Å²) in [7, 11) is -1.53. The SMILES string of the molecule is CCc1cc(CC)cc([SiH]([c-]2c(C)c(C)c(C)c2C)C2(CC(C)C)C=CC=CC2)c1.[Cl-].[Cl-].[Cl-].[Ti+4]. The summed E-state index contributed by atoms with van der Waals surface area (Å²) in [6.07, 6.45) is 14.3. The third-order valence-corrected chi connectivity index (χ3v) is 11.8. The zero-order valence-electron chi connectivity index (χ0n) is 22.2. The molecule has 0 aliphatic heterocycles. The molecular formula is C29H41Cl3SiTi. The fourth-order valence-corrected chi connectivity index (χ4v) is 10.8. The number of benzene rings is 1. The van der Waals surface area contributed by atoms with Crippen molar-refractivity contribution in [2.45, 2.75) is 86.1 Å². The van der Waals surface area contributed by atoms with E-state index < -0.39 is 8.80 Å². The number of hydrogen-bond acceptors (Lipinski definition) is 0. The minimum Gasteiger partial charge on any atom is -1.00 e. The van der Waals surface area contributed by atoms with Crippen LogP contribution >= 0.6 is 0 Å². The van der Waals surface area contributed by atoms with E-state index >= 15 is 0 Å². The van der Waals surface area contributed by atoms with Crippen LogP contribution in [-0.2, 0) is 34.6 Å². The molecule has 0 radical (unpaired) electrons. The van der Waals surface area contributed by atoms with Gasteiger partial charge in [0.1, 0.15) is 0 Å². The molecule has 0 saturated carbocycles. The smallest absolute Gasteiger partial charge is 1.00 e. The summed E-state index contributed by atoms with van der Waals surface area (Å²) < 4.78 is 0. The van der Waals surface area contributed by atoms with Crippen molar-refractivity contribution in [3.05, 3.63) is 75.9 Å². The van der Waals surface area contributed by atoms with Crippen molar-refractivity contribution in [3.63, 3.8) is 0 Å². The van der Waals surface area contributed by atoms with E-state index in [4.69, 9.17) is 0 Å². The first-order chi connectivity index (χ1) is 14.2. The van der Waals surface area contributed by atoms with E-state index in [-0.39, 0.29) is 64.0 Å². The number of halogens is 3. The monoisotopic (exact) mass is 570 g/mol. The Balaban J connectivity index is 0. The van der Waals surface area contributed by atoms with Crippen molar-refractivity contribution in [2.75, 3.05) is 0 Å². The second-order valence-electron chi connectivity index (χ2n) is 9.96. The van der Waals surface area contributed by atoms with E-state index in [0.29, 0.717) is 5.92 Å². The third kappa shape index (κ3) is 7.21. The van der Waals surface area contributed by atoms with Crippen LogP contribution in [0.1, 0.15) is 73.9 Å². The zero-order chi connectivity index (χ0) is 22.1. The van der Waals surface area contributed by atoms with Crippen molar-refractivity contribution < 1.29 is 58.9 Å². The third-order valence-electron chi connectivity index (χ3n) is 7.55. The predicted molar refractivity (Wildman–Crippen MR) is 138 cm³/mol. The average molecular weight is 572 g/mol. The molecule has 2 unspecified atom stereocenters. The number of allylic oxidation sites excluding steroid dienone is 4. The first kappa shape index (κ1) is 36.0. The van der Waals surface area contributed by atoms with Crippen LogP contribution in [0, 0.1) is 33.6 Å². The standard InChI is InChI=1S/C29H41Si.3ClH.Ti/c1-9-25-16-26(10-2)18-27(17-25)30(28-23(7)21(5)22(6)24(28)8)29(19-20(3)4)14-12-11-13-15-29;;;;/h11-14,16-18,20,30H,9-10,15,19H2,1-8H3;3*1H;/q-1;;;;+4/p-3. The molecule has 2 aromatic rings. The zero-order valence-corrected chi connectivity index (χ0v) is 27.1. The van der Waals surface area contributed by atoms with Crippen LogP contribution in [0.3, 0.4) is 0 Å². The molecule has 0 aromatic heterocycles. The summed E-state index contributed by atoms with van der Waals surface area (Å²) in [5.74, 6) is 0.689. The predicted octanol–water partition coefficient (Wildman–Crippen LogP) is -2.58. The molecule has 0 nitrogen and oxygen atoms in total. The maximum absolute atomic E-state index is 2.60. The van der Waals surface area contributed by atoms with Crippen LogP contribution < -0.4 is 47.6 Å². The van der Waals surface area contributed by atoms with E-state index in [2.05, 4.69) is 97.9 Å². The van der Waals surface area contributed by atoms with E-state index in [9.17, 15) is 0 Å². The molecule has 1 aliphatic carbocycles. The van der Waals surface area contributed by atoms with E-state index in [1.165, 1.54) is 35.1 Å². The van der Waals surface area contributed by atoms with Crippen LogP contribution in [0.2, 0.25) is 5.04 Å². The van der Waals surface area contributed by atoms with Gasteiger partial charge in [0, 0.05) is 0 Å². The van der Waals surface area contributed by atoms with Gasteiger partial charge in [0.05, 0.1) is 8.80 Å². The molecule has 0 bridgehead atoms. The number of rotatable bonds is 7. The summed E-state index contributed by atoms with van der Waals surface area (Å²) in [6, 6.07) is 7.57. The normalized spacial score (nSPS) is 17.3. The van der Waals surface area contributed by atoms with Gasteiger partial charge in [-0.05, 0) is 47.8 Å². The maximum Gasteiger partial charge on any atom is 4.00 e. The second kappa shape index (κ2) is 15.2. The Labute approximate surface area is 244 Å². The quantitative estimate of drug-likeness (QED) is 0.253. The molecule has 5 heteroatoms. The molecule has 2 atom stereocenters. The summed E-state index contributed by atoms with van der Waals surface area (Å²) >= 11 is 0. The molecule has 1 aliphatic rings. The van der Waals surface area contributed by atoms with Gasteiger partial charge in [0.25, 0.3) is 0 Å². The number of aryl methyl sites for hydroxylation is 2. The Kier molecular flexibility index (Phi) is 16.1. The van der Waals surface area contributed by atoms with Crippen LogP contribution in [-0.4, -0.2) is 8.80 Å². The first-order valence-electron chi connectivity index (χ1n) is 11.9. The average Bonchev–Trinajstić information content (AvgIpc) is 2.91. The van der Waals surface area contributed by atoms with Gasteiger partial charge < -0.3 is 37.2 Å². The number of hydrogen-bond donors (Lipinski definition) is 0. The Morgan fingerprint density at radius 3 is 1.74 bits per heavy atom. The Morgan fingerprint density at radius 1 is 0.853 bits per heavy atom. The van der Waals surface area contributed by atoms with Gasteiger partial charge in [-0.2, -0.15) is 27.4 Å². The Bertz CT molecular complexity index is 926. The fraction of sp³-hybridized carbons (Fsp3) is 0.483. The molecule has 0 N–H and O–H groups in total. The molecular weight excluding hydrogens is 531 g/mol. The Hall–Kier alpha value is -0.149. The largest absolute Gasteiger partial charge is 4.00 e. The molecule has 0 fully saturated rings.